The predicted molar refractivity (Wildman–Crippen MR) is 149 cm³/mol. The zero-order valence-corrected chi connectivity index (χ0v) is 22.3. The van der Waals surface area contributed by atoms with Gasteiger partial charge in [-0.25, -0.2) is 22.4 Å². The van der Waals surface area contributed by atoms with Gasteiger partial charge in [-0.3, -0.25) is 9.78 Å². The second-order valence-electron chi connectivity index (χ2n) is 9.94. The van der Waals surface area contributed by atoms with E-state index in [9.17, 15) is 13.2 Å². The fraction of sp³-hybridized carbons (Fsp3) is 0.241. The molecule has 6 rings (SSSR count). The molecule has 198 valence electrons. The van der Waals surface area contributed by atoms with Crippen LogP contribution in [0.15, 0.2) is 96.2 Å². The van der Waals surface area contributed by atoms with Gasteiger partial charge in [0.25, 0.3) is 15.9 Å². The van der Waals surface area contributed by atoms with Gasteiger partial charge in [0.1, 0.15) is 12.1 Å². The zero-order valence-electron chi connectivity index (χ0n) is 21.4. The molecule has 1 unspecified atom stereocenters. The molecule has 39 heavy (non-hydrogen) atoms. The lowest BCUT2D eigenvalue weighted by molar-refractivity contribution is 0.0959. The van der Waals surface area contributed by atoms with Gasteiger partial charge >= 0.3 is 0 Å². The lowest BCUT2D eigenvalue weighted by atomic mass is 9.83. The Hall–Kier alpha value is -4.31. The molecule has 1 aliphatic heterocycles. The molecule has 1 saturated heterocycles. The quantitative estimate of drug-likeness (QED) is 0.392. The van der Waals surface area contributed by atoms with E-state index in [1.54, 1.807) is 61.1 Å². The largest absolute Gasteiger partial charge is 0.356 e. The maximum Gasteiger partial charge on any atom is 0.269 e. The van der Waals surface area contributed by atoms with Crippen molar-refractivity contribution >= 4 is 32.8 Å². The Balaban J connectivity index is 1.23. The van der Waals surface area contributed by atoms with E-state index in [1.165, 1.54) is 10.3 Å². The summed E-state index contributed by atoms with van der Waals surface area (Å²) < 4.78 is 28.0. The minimum absolute atomic E-state index is 0.146. The van der Waals surface area contributed by atoms with E-state index < -0.39 is 10.0 Å². The molecule has 1 amide bonds. The van der Waals surface area contributed by atoms with E-state index >= 15 is 0 Å². The minimum atomic E-state index is -3.80. The Bertz CT molecular complexity index is 1690. The Labute approximate surface area is 227 Å². The average Bonchev–Trinajstić information content (AvgIpc) is 3.62. The molecule has 9 nitrogen and oxygen atoms in total. The molecule has 1 fully saturated rings. The number of fused-ring (bicyclic) bond motifs is 1. The van der Waals surface area contributed by atoms with E-state index in [2.05, 4.69) is 31.2 Å². The molecule has 1 N–H and O–H groups in total. The summed E-state index contributed by atoms with van der Waals surface area (Å²) in [5.74, 6) is 1.03. The summed E-state index contributed by atoms with van der Waals surface area (Å²) in [6.45, 7) is 3.43. The number of allylic oxidation sites excluding steroid dienone is 4. The van der Waals surface area contributed by atoms with Crippen molar-refractivity contribution in [2.45, 2.75) is 24.7 Å². The Morgan fingerprint density at radius 2 is 1.85 bits per heavy atom. The number of nitrogens with one attached hydrogen (secondary N) is 1. The van der Waals surface area contributed by atoms with E-state index in [-0.39, 0.29) is 16.7 Å². The number of hydrogen-bond acceptors (Lipinski definition) is 7. The third-order valence-electron chi connectivity index (χ3n) is 7.50. The van der Waals surface area contributed by atoms with Crippen LogP contribution in [0.4, 0.5) is 5.82 Å². The van der Waals surface area contributed by atoms with Crippen molar-refractivity contribution in [3.63, 3.8) is 0 Å². The monoisotopic (exact) mass is 540 g/mol. The van der Waals surface area contributed by atoms with Gasteiger partial charge in [-0.05, 0) is 62.1 Å². The number of rotatable bonds is 6. The number of aryl methyl sites for hydroxylation is 1. The number of hydrogen-bond donors (Lipinski definition) is 1. The third kappa shape index (κ3) is 4.72. The maximum atomic E-state index is 13.4. The van der Waals surface area contributed by atoms with Gasteiger partial charge in [0.15, 0.2) is 5.65 Å². The molecule has 0 bridgehead atoms. The van der Waals surface area contributed by atoms with Crippen molar-refractivity contribution < 1.29 is 13.2 Å². The summed E-state index contributed by atoms with van der Waals surface area (Å²) in [6, 6.07) is 12.0. The Kier molecular flexibility index (Phi) is 6.48. The van der Waals surface area contributed by atoms with Crippen LogP contribution < -0.4 is 10.2 Å². The topological polar surface area (TPSA) is 110 Å². The molecular weight excluding hydrogens is 512 g/mol. The molecule has 0 saturated carbocycles. The fourth-order valence-corrected chi connectivity index (χ4v) is 6.73. The first-order chi connectivity index (χ1) is 18.9. The van der Waals surface area contributed by atoms with Crippen molar-refractivity contribution in [2.24, 2.45) is 11.8 Å². The molecule has 4 aromatic rings. The second-order valence-corrected chi connectivity index (χ2v) is 11.8. The van der Waals surface area contributed by atoms with Gasteiger partial charge in [-0.15, -0.1) is 0 Å². The highest BCUT2D eigenvalue weighted by atomic mass is 32.2. The normalized spacial score (nSPS) is 19.3. The molecule has 1 aromatic carbocycles. The van der Waals surface area contributed by atoms with Crippen molar-refractivity contribution in [3.05, 3.63) is 102 Å². The highest BCUT2D eigenvalue weighted by Gasteiger charge is 2.34. The van der Waals surface area contributed by atoms with Crippen LogP contribution in [-0.4, -0.2) is 46.3 Å². The van der Waals surface area contributed by atoms with Gasteiger partial charge in [0.2, 0.25) is 0 Å². The van der Waals surface area contributed by atoms with Crippen LogP contribution in [-0.2, 0) is 10.0 Å². The van der Waals surface area contributed by atoms with Crippen molar-refractivity contribution in [3.8, 4) is 0 Å². The van der Waals surface area contributed by atoms with Gasteiger partial charge in [-0.2, -0.15) is 0 Å². The van der Waals surface area contributed by atoms with Crippen LogP contribution in [0.2, 0.25) is 0 Å². The summed E-state index contributed by atoms with van der Waals surface area (Å²) in [4.78, 5) is 28.1. The van der Waals surface area contributed by atoms with E-state index in [4.69, 9.17) is 0 Å². The summed E-state index contributed by atoms with van der Waals surface area (Å²) in [5.41, 5.74) is 2.83. The lowest BCUT2D eigenvalue weighted by Crippen LogP contribution is -2.32. The lowest BCUT2D eigenvalue weighted by Gasteiger charge is -2.28. The Morgan fingerprint density at radius 1 is 1.05 bits per heavy atom. The maximum absolute atomic E-state index is 13.4. The van der Waals surface area contributed by atoms with Crippen molar-refractivity contribution in [1.29, 1.82) is 0 Å². The summed E-state index contributed by atoms with van der Waals surface area (Å²) >= 11 is 0. The first-order valence-corrected chi connectivity index (χ1v) is 14.3. The van der Waals surface area contributed by atoms with E-state index in [1.807, 2.05) is 19.1 Å². The predicted octanol–water partition coefficient (Wildman–Crippen LogP) is 4.09. The molecule has 2 atom stereocenters. The number of amides is 1. The Morgan fingerprint density at radius 3 is 2.64 bits per heavy atom. The number of aromatic nitrogens is 4. The van der Waals surface area contributed by atoms with Gasteiger partial charge in [0, 0.05) is 48.9 Å². The highest BCUT2D eigenvalue weighted by molar-refractivity contribution is 7.90. The van der Waals surface area contributed by atoms with Gasteiger partial charge in [0.05, 0.1) is 10.3 Å². The first kappa shape index (κ1) is 25.0. The standard InChI is InChI=1S/C29H28N6O3S/c1-20-6-8-23(9-7-20)39(37,38)35-17-13-25-27(31-19-32-28(25)35)34-16-12-22(18-34)24-4-2-3-5-26(24)33-29(36)21-10-14-30-15-11-21/h2-3,5-11,13-15,17,19,22,24H,4,12,16,18H2,1H3,(H,33,36)/t22?,24-/m0/s1. The number of pyridine rings is 1. The molecule has 3 aromatic heterocycles. The van der Waals surface area contributed by atoms with Crippen LogP contribution in [0, 0.1) is 18.8 Å². The smallest absolute Gasteiger partial charge is 0.269 e. The number of benzene rings is 1. The summed E-state index contributed by atoms with van der Waals surface area (Å²) in [5, 5.41) is 3.81. The number of nitrogens with zero attached hydrogens (tertiary/aromatic N) is 5. The van der Waals surface area contributed by atoms with E-state index in [0.29, 0.717) is 22.5 Å². The summed E-state index contributed by atoms with van der Waals surface area (Å²) in [7, 11) is -3.80. The van der Waals surface area contributed by atoms with Crippen LogP contribution in [0.1, 0.15) is 28.8 Å². The van der Waals surface area contributed by atoms with Crippen LogP contribution >= 0.6 is 0 Å². The molecule has 10 heteroatoms. The van der Waals surface area contributed by atoms with Crippen molar-refractivity contribution in [2.75, 3.05) is 18.0 Å². The highest BCUT2D eigenvalue weighted by Crippen LogP contribution is 2.37. The molecule has 1 aliphatic carbocycles. The molecule has 0 spiro atoms. The third-order valence-corrected chi connectivity index (χ3v) is 9.18. The van der Waals surface area contributed by atoms with Gasteiger partial charge < -0.3 is 10.2 Å². The fourth-order valence-electron chi connectivity index (χ4n) is 5.43. The number of anilines is 1. The average molecular weight is 541 g/mol. The molecule has 2 aliphatic rings. The zero-order chi connectivity index (χ0) is 27.0. The van der Waals surface area contributed by atoms with Crippen LogP contribution in [0.25, 0.3) is 11.0 Å². The van der Waals surface area contributed by atoms with Gasteiger partial charge in [-0.1, -0.05) is 29.8 Å². The second kappa shape index (κ2) is 10.1. The molecular formula is C29H28N6O3S. The van der Waals surface area contributed by atoms with Crippen LogP contribution in [0.3, 0.4) is 0 Å². The first-order valence-electron chi connectivity index (χ1n) is 12.9. The van der Waals surface area contributed by atoms with Crippen LogP contribution in [0.5, 0.6) is 0 Å². The van der Waals surface area contributed by atoms with Crippen molar-refractivity contribution in [1.82, 2.24) is 24.2 Å². The number of carbonyl (C=O) groups excluding carboxylic acids is 1. The summed E-state index contributed by atoms with van der Waals surface area (Å²) in [6.07, 6.45) is 14.1. The minimum Gasteiger partial charge on any atom is -0.356 e. The number of carbonyl (C=O) groups is 1. The SMILES string of the molecule is Cc1ccc(S(=O)(=O)n2ccc3c(N4CCC([C@@H]5CC=CC=C5NC(=O)c5ccncc5)C4)ncnc32)cc1. The molecule has 4 heterocycles. The van der Waals surface area contributed by atoms with E-state index in [0.717, 1.165) is 43.0 Å². The molecule has 0 radical (unpaired) electrons.